The van der Waals surface area contributed by atoms with Crippen LogP contribution in [-0.2, 0) is 0 Å². The summed E-state index contributed by atoms with van der Waals surface area (Å²) >= 11 is 2.00. The molecule has 0 N–H and O–H groups in total. The van der Waals surface area contributed by atoms with Crippen LogP contribution in [-0.4, -0.2) is 5.75 Å². The van der Waals surface area contributed by atoms with Gasteiger partial charge in [-0.1, -0.05) is 56.7 Å². The SMILES string of the molecule is CCCCCCCCSc1cccc(C)c1. The Morgan fingerprint density at radius 3 is 2.50 bits per heavy atom. The van der Waals surface area contributed by atoms with Crippen LogP contribution in [0.3, 0.4) is 0 Å². The summed E-state index contributed by atoms with van der Waals surface area (Å²) in [6.45, 7) is 4.43. The van der Waals surface area contributed by atoms with Crippen molar-refractivity contribution >= 4 is 11.8 Å². The lowest BCUT2D eigenvalue weighted by Crippen LogP contribution is -1.83. The van der Waals surface area contributed by atoms with Gasteiger partial charge in [-0.05, 0) is 31.2 Å². The number of benzene rings is 1. The highest BCUT2D eigenvalue weighted by molar-refractivity contribution is 7.99. The molecule has 1 aromatic rings. The van der Waals surface area contributed by atoms with Crippen LogP contribution in [0.1, 0.15) is 51.0 Å². The van der Waals surface area contributed by atoms with Gasteiger partial charge in [0, 0.05) is 4.90 Å². The molecule has 0 bridgehead atoms. The normalized spacial score (nSPS) is 10.6. The molecule has 0 aromatic heterocycles. The first-order chi connectivity index (χ1) is 7.83. The first kappa shape index (κ1) is 13.6. The number of unbranched alkanes of at least 4 members (excludes halogenated alkanes) is 5. The molecule has 0 aliphatic rings. The first-order valence-corrected chi connectivity index (χ1v) is 7.51. The van der Waals surface area contributed by atoms with Crippen molar-refractivity contribution in [3.63, 3.8) is 0 Å². The second kappa shape index (κ2) is 8.69. The Kier molecular flexibility index (Phi) is 7.41. The van der Waals surface area contributed by atoms with E-state index in [1.165, 1.54) is 54.7 Å². The minimum absolute atomic E-state index is 1.27. The molecule has 0 saturated heterocycles. The number of thioether (sulfide) groups is 1. The smallest absolute Gasteiger partial charge is 0.00745 e. The maximum Gasteiger partial charge on any atom is 0.00745 e. The zero-order chi connectivity index (χ0) is 11.6. The fourth-order valence-corrected chi connectivity index (χ4v) is 2.81. The maximum atomic E-state index is 2.28. The van der Waals surface area contributed by atoms with Crippen molar-refractivity contribution < 1.29 is 0 Å². The lowest BCUT2D eigenvalue weighted by Gasteiger charge is -2.03. The van der Waals surface area contributed by atoms with Crippen molar-refractivity contribution in [2.24, 2.45) is 0 Å². The molecule has 1 rings (SSSR count). The molecule has 1 aromatic carbocycles. The second-order valence-electron chi connectivity index (χ2n) is 4.43. The topological polar surface area (TPSA) is 0 Å². The number of aryl methyl sites for hydroxylation is 1. The van der Waals surface area contributed by atoms with Crippen molar-refractivity contribution in [3.8, 4) is 0 Å². The van der Waals surface area contributed by atoms with Crippen molar-refractivity contribution in [2.75, 3.05) is 5.75 Å². The highest BCUT2D eigenvalue weighted by atomic mass is 32.2. The van der Waals surface area contributed by atoms with Gasteiger partial charge in [-0.25, -0.2) is 0 Å². The average Bonchev–Trinajstić information content (AvgIpc) is 2.28. The molecule has 1 heteroatoms. The van der Waals surface area contributed by atoms with Crippen LogP contribution in [0.15, 0.2) is 29.2 Å². The van der Waals surface area contributed by atoms with E-state index in [2.05, 4.69) is 38.1 Å². The number of rotatable bonds is 8. The van der Waals surface area contributed by atoms with E-state index in [4.69, 9.17) is 0 Å². The molecule has 0 saturated carbocycles. The van der Waals surface area contributed by atoms with E-state index >= 15 is 0 Å². The minimum Gasteiger partial charge on any atom is -0.126 e. The van der Waals surface area contributed by atoms with E-state index in [0.717, 1.165) is 0 Å². The molecule has 0 aliphatic heterocycles. The van der Waals surface area contributed by atoms with Crippen LogP contribution in [0.4, 0.5) is 0 Å². The Hall–Kier alpha value is -0.430. The molecule has 0 atom stereocenters. The highest BCUT2D eigenvalue weighted by Crippen LogP contribution is 2.20. The minimum atomic E-state index is 1.27. The predicted molar refractivity (Wildman–Crippen MR) is 75.3 cm³/mol. The Balaban J connectivity index is 2.03. The fraction of sp³-hybridized carbons (Fsp3) is 0.600. The third-order valence-corrected chi connectivity index (χ3v) is 3.84. The molecule has 0 radical (unpaired) electrons. The molecule has 0 unspecified atom stereocenters. The van der Waals surface area contributed by atoms with E-state index < -0.39 is 0 Å². The Bertz CT molecular complexity index is 281. The monoisotopic (exact) mass is 236 g/mol. The standard InChI is InChI=1S/C15H24S/c1-3-4-5-6-7-8-12-16-15-11-9-10-14(2)13-15/h9-11,13H,3-8,12H2,1-2H3. The Morgan fingerprint density at radius 1 is 1.00 bits per heavy atom. The number of hydrogen-bond donors (Lipinski definition) is 0. The highest BCUT2D eigenvalue weighted by Gasteiger charge is 1.94. The molecule has 16 heavy (non-hydrogen) atoms. The van der Waals surface area contributed by atoms with Gasteiger partial charge in [0.05, 0.1) is 0 Å². The van der Waals surface area contributed by atoms with Crippen LogP contribution < -0.4 is 0 Å². The van der Waals surface area contributed by atoms with E-state index in [1.807, 2.05) is 11.8 Å². The summed E-state index contributed by atoms with van der Waals surface area (Å²) in [7, 11) is 0. The largest absolute Gasteiger partial charge is 0.126 e. The van der Waals surface area contributed by atoms with Gasteiger partial charge < -0.3 is 0 Å². The summed E-state index contributed by atoms with van der Waals surface area (Å²) < 4.78 is 0. The van der Waals surface area contributed by atoms with Gasteiger partial charge in [0.1, 0.15) is 0 Å². The zero-order valence-corrected chi connectivity index (χ0v) is 11.5. The van der Waals surface area contributed by atoms with Gasteiger partial charge >= 0.3 is 0 Å². The van der Waals surface area contributed by atoms with E-state index in [0.29, 0.717) is 0 Å². The summed E-state index contributed by atoms with van der Waals surface area (Å²) in [6, 6.07) is 8.81. The summed E-state index contributed by atoms with van der Waals surface area (Å²) in [5.41, 5.74) is 1.37. The van der Waals surface area contributed by atoms with Gasteiger partial charge in [0.25, 0.3) is 0 Å². The Morgan fingerprint density at radius 2 is 1.75 bits per heavy atom. The number of hydrogen-bond acceptors (Lipinski definition) is 1. The lowest BCUT2D eigenvalue weighted by molar-refractivity contribution is 0.627. The molecule has 0 nitrogen and oxygen atoms in total. The van der Waals surface area contributed by atoms with Crippen molar-refractivity contribution in [2.45, 2.75) is 57.3 Å². The second-order valence-corrected chi connectivity index (χ2v) is 5.60. The first-order valence-electron chi connectivity index (χ1n) is 6.52. The summed E-state index contributed by atoms with van der Waals surface area (Å²) in [5, 5.41) is 0. The van der Waals surface area contributed by atoms with Crippen LogP contribution in [0.2, 0.25) is 0 Å². The maximum absolute atomic E-state index is 2.28. The van der Waals surface area contributed by atoms with Crippen LogP contribution in [0.5, 0.6) is 0 Å². The Labute approximate surface area is 105 Å². The average molecular weight is 236 g/mol. The van der Waals surface area contributed by atoms with E-state index in [1.54, 1.807) is 0 Å². The zero-order valence-electron chi connectivity index (χ0n) is 10.7. The predicted octanol–water partition coefficient (Wildman–Crippen LogP) is 5.45. The molecule has 0 heterocycles. The van der Waals surface area contributed by atoms with Gasteiger partial charge in [0.2, 0.25) is 0 Å². The van der Waals surface area contributed by atoms with Gasteiger partial charge in [-0.2, -0.15) is 0 Å². The van der Waals surface area contributed by atoms with Crippen LogP contribution >= 0.6 is 11.8 Å². The molecule has 0 aliphatic carbocycles. The molecule has 90 valence electrons. The third kappa shape index (κ3) is 6.22. The summed E-state index contributed by atoms with van der Waals surface area (Å²) in [5.74, 6) is 1.27. The van der Waals surface area contributed by atoms with E-state index in [-0.39, 0.29) is 0 Å². The molecule has 0 spiro atoms. The molecular formula is C15H24S. The van der Waals surface area contributed by atoms with Gasteiger partial charge in [-0.15, -0.1) is 11.8 Å². The van der Waals surface area contributed by atoms with Crippen molar-refractivity contribution in [1.82, 2.24) is 0 Å². The fourth-order valence-electron chi connectivity index (χ4n) is 1.78. The van der Waals surface area contributed by atoms with Crippen molar-refractivity contribution in [3.05, 3.63) is 29.8 Å². The van der Waals surface area contributed by atoms with Crippen LogP contribution in [0, 0.1) is 6.92 Å². The van der Waals surface area contributed by atoms with Gasteiger partial charge in [0.15, 0.2) is 0 Å². The quantitative estimate of drug-likeness (QED) is 0.427. The summed E-state index contributed by atoms with van der Waals surface area (Å²) in [4.78, 5) is 1.42. The van der Waals surface area contributed by atoms with E-state index in [9.17, 15) is 0 Å². The van der Waals surface area contributed by atoms with Gasteiger partial charge in [-0.3, -0.25) is 0 Å². The lowest BCUT2D eigenvalue weighted by atomic mass is 10.1. The molecular weight excluding hydrogens is 212 g/mol. The van der Waals surface area contributed by atoms with Crippen LogP contribution in [0.25, 0.3) is 0 Å². The third-order valence-electron chi connectivity index (χ3n) is 2.76. The summed E-state index contributed by atoms with van der Waals surface area (Å²) in [6.07, 6.45) is 8.36. The molecule has 0 fully saturated rings. The molecule has 0 amide bonds. The van der Waals surface area contributed by atoms with Crippen molar-refractivity contribution in [1.29, 1.82) is 0 Å².